The third-order valence-corrected chi connectivity index (χ3v) is 10.3. The molecule has 334 valence electrons. The maximum absolute atomic E-state index is 4.87. The SMILES string of the molecule is Cc1cc(C)c(-c2cccc(CCC(C)C)n2)c(C)c1.Cc1cc(C)c(-c2cccc([N-]CC(C)C)n2)c(C)c1.Cc1cc(C)c(-c2cccc([N-]CC(C)C)n2)c(C)c1.[CH3-].[CH3-].[Hf+4]. The van der Waals surface area contributed by atoms with Gasteiger partial charge in [-0.2, -0.15) is 0 Å². The standard InChI is InChI=1S/C19H25N.2C18H23N2.2CH3.Hf/c1-13(2)9-10-17-7-6-8-18(20-17)19-15(4)11-14(3)12-16(19)5;2*1-12(2)11-19-17-8-6-7-16(20-17)18-14(4)9-13(3)10-15(18)5;;;/h6-8,11-13H,9-10H2,1-5H3;2*6-10,12H,11H2,1-5H3;2*1H3;/q;4*-1;+4. The van der Waals surface area contributed by atoms with Gasteiger partial charge in [-0.25, -0.2) is 0 Å². The summed E-state index contributed by atoms with van der Waals surface area (Å²) in [5.74, 6) is 3.50. The molecule has 6 heteroatoms. The Morgan fingerprint density at radius 1 is 0.413 bits per heavy atom. The molecule has 0 unspecified atom stereocenters. The van der Waals surface area contributed by atoms with Crippen LogP contribution in [0.4, 0.5) is 11.6 Å². The molecule has 0 aliphatic carbocycles. The molecule has 3 aromatic carbocycles. The van der Waals surface area contributed by atoms with Crippen molar-refractivity contribution in [2.45, 2.75) is 117 Å². The van der Waals surface area contributed by atoms with Crippen LogP contribution in [0.15, 0.2) is 91.0 Å². The maximum atomic E-state index is 4.87. The Kier molecular flexibility index (Phi) is 24.3. The Hall–Kier alpha value is -4.42. The average Bonchev–Trinajstić information content (AvgIpc) is 3.15. The van der Waals surface area contributed by atoms with Crippen molar-refractivity contribution in [3.05, 3.63) is 172 Å². The third-order valence-electron chi connectivity index (χ3n) is 10.3. The first-order valence-electron chi connectivity index (χ1n) is 21.9. The van der Waals surface area contributed by atoms with Crippen molar-refractivity contribution < 1.29 is 25.8 Å². The van der Waals surface area contributed by atoms with Gasteiger partial charge in [-0.1, -0.05) is 149 Å². The quantitative estimate of drug-likeness (QED) is 0.0906. The average molecular weight is 1010 g/mol. The molecule has 0 bridgehead atoms. The van der Waals surface area contributed by atoms with Crippen molar-refractivity contribution in [3.8, 4) is 33.8 Å². The van der Waals surface area contributed by atoms with E-state index in [9.17, 15) is 0 Å². The fraction of sp³-hybridized carbons (Fsp3) is 0.386. The number of aryl methyl sites for hydroxylation is 10. The van der Waals surface area contributed by atoms with Gasteiger partial charge in [0.05, 0.1) is 5.69 Å². The minimum absolute atomic E-state index is 0. The molecule has 3 heterocycles. The Balaban J connectivity index is 0.000000462. The zero-order valence-corrected chi connectivity index (χ0v) is 45.5. The molecule has 0 radical (unpaired) electrons. The fourth-order valence-electron chi connectivity index (χ4n) is 7.80. The zero-order valence-electron chi connectivity index (χ0n) is 42.0. The van der Waals surface area contributed by atoms with Crippen LogP contribution in [0.1, 0.15) is 104 Å². The van der Waals surface area contributed by atoms with Crippen molar-refractivity contribution in [1.82, 2.24) is 15.0 Å². The molecule has 0 saturated carbocycles. The molecule has 0 atom stereocenters. The van der Waals surface area contributed by atoms with Crippen LogP contribution in [-0.2, 0) is 32.3 Å². The summed E-state index contributed by atoms with van der Waals surface area (Å²) in [4.78, 5) is 14.3. The van der Waals surface area contributed by atoms with Gasteiger partial charge in [0.2, 0.25) is 0 Å². The Morgan fingerprint density at radius 2 is 0.714 bits per heavy atom. The summed E-state index contributed by atoms with van der Waals surface area (Å²) in [6, 6.07) is 31.9. The first kappa shape index (κ1) is 56.6. The van der Waals surface area contributed by atoms with Gasteiger partial charge in [0.25, 0.3) is 0 Å². The van der Waals surface area contributed by atoms with E-state index in [2.05, 4.69) is 181 Å². The Bertz CT molecular complexity index is 1990. The van der Waals surface area contributed by atoms with E-state index in [1.54, 1.807) is 0 Å². The van der Waals surface area contributed by atoms with Gasteiger partial charge in [-0.05, 0) is 174 Å². The van der Waals surface area contributed by atoms with Gasteiger partial charge in [0.15, 0.2) is 0 Å². The van der Waals surface area contributed by atoms with Crippen molar-refractivity contribution >= 4 is 11.6 Å². The monoisotopic (exact) mass is 1010 g/mol. The molecule has 63 heavy (non-hydrogen) atoms. The van der Waals surface area contributed by atoms with Crippen molar-refractivity contribution in [2.75, 3.05) is 13.1 Å². The molecule has 6 aromatic rings. The summed E-state index contributed by atoms with van der Waals surface area (Å²) >= 11 is 0. The van der Waals surface area contributed by atoms with E-state index in [0.29, 0.717) is 11.8 Å². The summed E-state index contributed by atoms with van der Waals surface area (Å²) in [5, 5.41) is 9.12. The zero-order chi connectivity index (χ0) is 44.1. The number of benzene rings is 3. The van der Waals surface area contributed by atoms with Crippen molar-refractivity contribution in [3.63, 3.8) is 0 Å². The molecule has 3 aromatic heterocycles. The van der Waals surface area contributed by atoms with Gasteiger partial charge in [-0.15, -0.1) is 0 Å². The normalized spacial score (nSPS) is 10.4. The van der Waals surface area contributed by atoms with Gasteiger partial charge in [0, 0.05) is 11.3 Å². The van der Waals surface area contributed by atoms with E-state index < -0.39 is 0 Å². The van der Waals surface area contributed by atoms with Crippen LogP contribution in [0.25, 0.3) is 44.4 Å². The van der Waals surface area contributed by atoms with Crippen LogP contribution in [0.5, 0.6) is 0 Å². The number of pyridine rings is 3. The van der Waals surface area contributed by atoms with E-state index in [1.165, 1.54) is 78.9 Å². The van der Waals surface area contributed by atoms with E-state index in [1.807, 2.05) is 24.3 Å². The first-order valence-corrected chi connectivity index (χ1v) is 21.9. The van der Waals surface area contributed by atoms with Crippen LogP contribution < -0.4 is 0 Å². The topological polar surface area (TPSA) is 66.9 Å². The molecule has 0 amide bonds. The number of aromatic nitrogens is 3. The summed E-state index contributed by atoms with van der Waals surface area (Å²) in [6.07, 6.45) is 2.26. The fourth-order valence-corrected chi connectivity index (χ4v) is 7.80. The van der Waals surface area contributed by atoms with Crippen LogP contribution in [-0.4, -0.2) is 28.0 Å². The molecule has 0 aliphatic heterocycles. The minimum Gasteiger partial charge on any atom is -0.465 e. The number of rotatable bonds is 12. The second-order valence-corrected chi connectivity index (χ2v) is 18.0. The predicted molar refractivity (Wildman–Crippen MR) is 273 cm³/mol. The molecule has 0 saturated heterocycles. The van der Waals surface area contributed by atoms with Crippen LogP contribution in [0.2, 0.25) is 0 Å². The molecule has 5 nitrogen and oxygen atoms in total. The van der Waals surface area contributed by atoms with Gasteiger partial charge < -0.3 is 35.5 Å². The molecule has 0 spiro atoms. The third kappa shape index (κ3) is 17.6. The summed E-state index contributed by atoms with van der Waals surface area (Å²) < 4.78 is 0. The van der Waals surface area contributed by atoms with Crippen molar-refractivity contribution in [1.29, 1.82) is 0 Å². The first-order chi connectivity index (χ1) is 28.4. The van der Waals surface area contributed by atoms with Crippen LogP contribution in [0, 0.1) is 94.9 Å². The van der Waals surface area contributed by atoms with Crippen LogP contribution >= 0.6 is 0 Å². The predicted octanol–water partition coefficient (Wildman–Crippen LogP) is 16.8. The Labute approximate surface area is 403 Å². The summed E-state index contributed by atoms with van der Waals surface area (Å²) in [6.45, 7) is 34.2. The van der Waals surface area contributed by atoms with E-state index in [0.717, 1.165) is 54.1 Å². The van der Waals surface area contributed by atoms with Gasteiger partial charge >= 0.3 is 25.8 Å². The van der Waals surface area contributed by atoms with Gasteiger partial charge in [0.1, 0.15) is 0 Å². The van der Waals surface area contributed by atoms with Gasteiger partial charge in [-0.3, -0.25) is 4.98 Å². The number of nitrogens with zero attached hydrogens (tertiary/aromatic N) is 5. The van der Waals surface area contributed by atoms with E-state index >= 15 is 0 Å². The molecular formula is C57H77HfN5. The molecule has 6 rings (SSSR count). The molecule has 0 aliphatic rings. The van der Waals surface area contributed by atoms with E-state index in [4.69, 9.17) is 15.0 Å². The number of hydrogen-bond donors (Lipinski definition) is 0. The van der Waals surface area contributed by atoms with Crippen LogP contribution in [0.3, 0.4) is 0 Å². The minimum atomic E-state index is 0. The second kappa shape index (κ2) is 27.0. The summed E-state index contributed by atoms with van der Waals surface area (Å²) in [7, 11) is 0. The Morgan fingerprint density at radius 3 is 1.02 bits per heavy atom. The molecule has 0 fully saturated rings. The molecular weight excluding hydrogens is 933 g/mol. The largest absolute Gasteiger partial charge is 4.00 e. The molecule has 0 N–H and O–H groups in total. The maximum Gasteiger partial charge on any atom is 4.00 e. The smallest absolute Gasteiger partial charge is 0.465 e. The summed E-state index contributed by atoms with van der Waals surface area (Å²) in [5.41, 5.74) is 19.8. The van der Waals surface area contributed by atoms with E-state index in [-0.39, 0.29) is 40.7 Å². The second-order valence-electron chi connectivity index (χ2n) is 18.0. The van der Waals surface area contributed by atoms with Crippen molar-refractivity contribution in [2.24, 2.45) is 17.8 Å². The number of hydrogen-bond acceptors (Lipinski definition) is 3.